The van der Waals surface area contributed by atoms with Gasteiger partial charge in [-0.1, -0.05) is 37.0 Å². The minimum absolute atomic E-state index is 0.450. The van der Waals surface area contributed by atoms with E-state index in [4.69, 9.17) is 28.9 Å². The Bertz CT molecular complexity index is 434. The highest BCUT2D eigenvalue weighted by Crippen LogP contribution is 2.21. The lowest BCUT2D eigenvalue weighted by Gasteiger charge is -2.09. The Kier molecular flexibility index (Phi) is 6.73. The third-order valence-corrected chi connectivity index (χ3v) is 2.65. The molecule has 0 unspecified atom stereocenters. The zero-order valence-corrected chi connectivity index (χ0v) is 12.6. The van der Waals surface area contributed by atoms with E-state index in [0.29, 0.717) is 40.8 Å². The summed E-state index contributed by atoms with van der Waals surface area (Å²) in [6.07, 6.45) is 1.54. The summed E-state index contributed by atoms with van der Waals surface area (Å²) in [6.45, 7) is 6.16. The van der Waals surface area contributed by atoms with Gasteiger partial charge in [0.2, 0.25) is 0 Å². The van der Waals surface area contributed by atoms with E-state index in [1.54, 1.807) is 12.3 Å². The molecule has 4 N–H and O–H groups in total. The molecule has 0 saturated heterocycles. The molecule has 0 aliphatic heterocycles. The summed E-state index contributed by atoms with van der Waals surface area (Å²) in [5, 5.41) is 7.10. The lowest BCUT2D eigenvalue weighted by Crippen LogP contribution is -2.35. The van der Waals surface area contributed by atoms with Crippen molar-refractivity contribution in [2.24, 2.45) is 16.6 Å². The van der Waals surface area contributed by atoms with E-state index in [-0.39, 0.29) is 0 Å². The van der Waals surface area contributed by atoms with Crippen LogP contribution in [0.2, 0.25) is 10.0 Å². The average Bonchev–Trinajstić information content (AvgIpc) is 2.34. The number of guanidine groups is 1. The number of pyridine rings is 1. The van der Waals surface area contributed by atoms with Crippen molar-refractivity contribution in [2.45, 2.75) is 13.8 Å². The number of rotatable bonds is 6. The molecule has 0 aromatic carbocycles. The molecule has 19 heavy (non-hydrogen) atoms. The summed E-state index contributed by atoms with van der Waals surface area (Å²) in [7, 11) is 0. The number of nitrogens with zero attached hydrogens (tertiary/aromatic N) is 2. The number of nitrogens with two attached hydrogens (primary N) is 1. The van der Waals surface area contributed by atoms with Crippen molar-refractivity contribution in [1.82, 2.24) is 10.3 Å². The highest BCUT2D eigenvalue weighted by Gasteiger charge is 2.01. The van der Waals surface area contributed by atoms with Gasteiger partial charge in [-0.15, -0.1) is 0 Å². The maximum atomic E-state index is 5.98. The van der Waals surface area contributed by atoms with E-state index < -0.39 is 0 Å². The maximum Gasteiger partial charge on any atom is 0.188 e. The Hall–Kier alpha value is -1.20. The first kappa shape index (κ1) is 15.9. The van der Waals surface area contributed by atoms with Gasteiger partial charge in [-0.05, 0) is 12.0 Å². The van der Waals surface area contributed by atoms with Gasteiger partial charge in [-0.3, -0.25) is 4.99 Å². The lowest BCUT2D eigenvalue weighted by molar-refractivity contribution is 0.661. The molecule has 5 nitrogen and oxygen atoms in total. The summed E-state index contributed by atoms with van der Waals surface area (Å²) in [5.41, 5.74) is 5.70. The van der Waals surface area contributed by atoms with Crippen LogP contribution in [-0.2, 0) is 0 Å². The zero-order chi connectivity index (χ0) is 14.3. The number of anilines is 1. The van der Waals surface area contributed by atoms with Crippen molar-refractivity contribution in [1.29, 1.82) is 0 Å². The normalized spacial score (nSPS) is 11.7. The maximum absolute atomic E-state index is 5.98. The van der Waals surface area contributed by atoms with Crippen molar-refractivity contribution >= 4 is 35.0 Å². The fourth-order valence-corrected chi connectivity index (χ4v) is 1.70. The molecule has 0 amide bonds. The van der Waals surface area contributed by atoms with Crippen LogP contribution < -0.4 is 16.4 Å². The molecule has 0 spiro atoms. The smallest absolute Gasteiger partial charge is 0.188 e. The first-order chi connectivity index (χ1) is 8.99. The quantitative estimate of drug-likeness (QED) is 0.428. The van der Waals surface area contributed by atoms with Gasteiger partial charge < -0.3 is 16.4 Å². The predicted octanol–water partition coefficient (Wildman–Crippen LogP) is 2.36. The molecule has 0 aliphatic carbocycles. The van der Waals surface area contributed by atoms with E-state index in [1.807, 2.05) is 0 Å². The monoisotopic (exact) mass is 303 g/mol. The minimum Gasteiger partial charge on any atom is -0.370 e. The van der Waals surface area contributed by atoms with Crippen molar-refractivity contribution in [3.05, 3.63) is 22.3 Å². The SMILES string of the molecule is CC(C)CN=C(N)NCCNc1ncc(Cl)cc1Cl. The number of hydrogen-bond acceptors (Lipinski definition) is 3. The second-order valence-electron chi connectivity index (χ2n) is 4.46. The lowest BCUT2D eigenvalue weighted by atomic mass is 10.2. The molecule has 1 aromatic heterocycles. The van der Waals surface area contributed by atoms with E-state index in [2.05, 4.69) is 34.5 Å². The highest BCUT2D eigenvalue weighted by atomic mass is 35.5. The van der Waals surface area contributed by atoms with Crippen LogP contribution in [0.4, 0.5) is 5.82 Å². The van der Waals surface area contributed by atoms with Gasteiger partial charge in [0, 0.05) is 25.8 Å². The van der Waals surface area contributed by atoms with Crippen LogP contribution in [0, 0.1) is 5.92 Å². The third kappa shape index (κ3) is 6.50. The second-order valence-corrected chi connectivity index (χ2v) is 5.30. The predicted molar refractivity (Wildman–Crippen MR) is 82.1 cm³/mol. The Morgan fingerprint density at radius 2 is 2.16 bits per heavy atom. The molecular weight excluding hydrogens is 285 g/mol. The summed E-state index contributed by atoms with van der Waals surface area (Å²) in [4.78, 5) is 8.28. The minimum atomic E-state index is 0.450. The van der Waals surface area contributed by atoms with Gasteiger partial charge in [0.25, 0.3) is 0 Å². The molecular formula is C12H19Cl2N5. The first-order valence-electron chi connectivity index (χ1n) is 6.07. The van der Waals surface area contributed by atoms with Crippen LogP contribution in [0.25, 0.3) is 0 Å². The average molecular weight is 304 g/mol. The summed E-state index contributed by atoms with van der Waals surface area (Å²) in [5.74, 6) is 1.55. The standard InChI is InChI=1S/C12H19Cl2N5/c1-8(2)6-19-12(15)17-4-3-16-11-10(14)5-9(13)7-18-11/h5,7-8H,3-4,6H2,1-2H3,(H,16,18)(H3,15,17,19). The Morgan fingerprint density at radius 3 is 2.79 bits per heavy atom. The molecule has 0 radical (unpaired) electrons. The van der Waals surface area contributed by atoms with E-state index in [0.717, 1.165) is 6.54 Å². The van der Waals surface area contributed by atoms with Crippen LogP contribution >= 0.6 is 23.2 Å². The summed E-state index contributed by atoms with van der Waals surface area (Å²) < 4.78 is 0. The molecule has 7 heteroatoms. The molecule has 0 atom stereocenters. The van der Waals surface area contributed by atoms with Crippen molar-refractivity contribution in [2.75, 3.05) is 25.0 Å². The molecule has 0 aliphatic rings. The molecule has 0 bridgehead atoms. The molecule has 1 aromatic rings. The fourth-order valence-electron chi connectivity index (χ4n) is 1.25. The molecule has 1 heterocycles. The fraction of sp³-hybridized carbons (Fsp3) is 0.500. The van der Waals surface area contributed by atoms with Crippen LogP contribution in [-0.4, -0.2) is 30.6 Å². The van der Waals surface area contributed by atoms with Crippen LogP contribution in [0.15, 0.2) is 17.3 Å². The second kappa shape index (κ2) is 8.07. The molecule has 1 rings (SSSR count). The van der Waals surface area contributed by atoms with Gasteiger partial charge >= 0.3 is 0 Å². The van der Waals surface area contributed by atoms with Crippen molar-refractivity contribution < 1.29 is 0 Å². The van der Waals surface area contributed by atoms with E-state index in [9.17, 15) is 0 Å². The Labute approximate surface area is 123 Å². The highest BCUT2D eigenvalue weighted by molar-refractivity contribution is 6.35. The molecule has 0 fully saturated rings. The number of nitrogens with one attached hydrogen (secondary N) is 2. The first-order valence-corrected chi connectivity index (χ1v) is 6.83. The Balaban J connectivity index is 2.29. The molecule has 0 saturated carbocycles. The van der Waals surface area contributed by atoms with Gasteiger partial charge in [0.15, 0.2) is 5.96 Å². The third-order valence-electron chi connectivity index (χ3n) is 2.16. The number of aromatic nitrogens is 1. The summed E-state index contributed by atoms with van der Waals surface area (Å²) in [6, 6.07) is 1.64. The van der Waals surface area contributed by atoms with Gasteiger partial charge in [-0.25, -0.2) is 4.98 Å². The van der Waals surface area contributed by atoms with E-state index in [1.165, 1.54) is 0 Å². The van der Waals surface area contributed by atoms with Gasteiger partial charge in [0.05, 0.1) is 10.0 Å². The van der Waals surface area contributed by atoms with Gasteiger partial charge in [0.1, 0.15) is 5.82 Å². The van der Waals surface area contributed by atoms with Crippen LogP contribution in [0.1, 0.15) is 13.8 Å². The number of aliphatic imine (C=N–C) groups is 1. The Morgan fingerprint density at radius 1 is 1.42 bits per heavy atom. The number of hydrogen-bond donors (Lipinski definition) is 3. The van der Waals surface area contributed by atoms with E-state index >= 15 is 0 Å². The van der Waals surface area contributed by atoms with Crippen LogP contribution in [0.5, 0.6) is 0 Å². The largest absolute Gasteiger partial charge is 0.370 e. The summed E-state index contributed by atoms with van der Waals surface area (Å²) >= 11 is 11.7. The van der Waals surface area contributed by atoms with Gasteiger partial charge in [-0.2, -0.15) is 0 Å². The number of halogens is 2. The van der Waals surface area contributed by atoms with Crippen molar-refractivity contribution in [3.63, 3.8) is 0 Å². The van der Waals surface area contributed by atoms with Crippen molar-refractivity contribution in [3.8, 4) is 0 Å². The zero-order valence-electron chi connectivity index (χ0n) is 11.1. The van der Waals surface area contributed by atoms with Crippen LogP contribution in [0.3, 0.4) is 0 Å². The topological polar surface area (TPSA) is 75.3 Å². The molecule has 106 valence electrons.